The van der Waals surface area contributed by atoms with E-state index in [1.807, 2.05) is 67.6 Å². The Morgan fingerprint density at radius 2 is 1.46 bits per heavy atom. The lowest BCUT2D eigenvalue weighted by atomic mass is 9.91. The van der Waals surface area contributed by atoms with Gasteiger partial charge in [-0.05, 0) is 31.1 Å². The predicted molar refractivity (Wildman–Crippen MR) is 106 cm³/mol. The highest BCUT2D eigenvalue weighted by molar-refractivity contribution is 5.82. The van der Waals surface area contributed by atoms with Crippen molar-refractivity contribution in [1.82, 2.24) is 4.90 Å². The highest BCUT2D eigenvalue weighted by atomic mass is 16.5. The Balaban J connectivity index is 2.11. The zero-order valence-electron chi connectivity index (χ0n) is 15.8. The smallest absolute Gasteiger partial charge is 0.319 e. The van der Waals surface area contributed by atoms with Gasteiger partial charge in [-0.25, -0.2) is 0 Å². The quantitative estimate of drug-likeness (QED) is 0.557. The fraction of sp³-hybridized carbons (Fsp3) is 0.348. The Kier molecular flexibility index (Phi) is 7.92. The first-order valence-electron chi connectivity index (χ1n) is 9.16. The summed E-state index contributed by atoms with van der Waals surface area (Å²) in [5.41, 5.74) is 1.85. The summed E-state index contributed by atoms with van der Waals surface area (Å²) in [6.45, 7) is 8.65. The molecule has 0 spiro atoms. The van der Waals surface area contributed by atoms with Gasteiger partial charge in [0.05, 0.1) is 6.54 Å². The first-order valence-corrected chi connectivity index (χ1v) is 9.16. The van der Waals surface area contributed by atoms with Crippen molar-refractivity contribution in [3.05, 3.63) is 71.8 Å². The zero-order chi connectivity index (χ0) is 18.8. The third kappa shape index (κ3) is 5.75. The Bertz CT molecular complexity index is 688. The molecule has 0 saturated heterocycles. The van der Waals surface area contributed by atoms with Crippen molar-refractivity contribution in [2.24, 2.45) is 0 Å². The van der Waals surface area contributed by atoms with Crippen LogP contribution >= 0.6 is 0 Å². The minimum atomic E-state index is -0.440. The van der Waals surface area contributed by atoms with Gasteiger partial charge in [0, 0.05) is 0 Å². The van der Waals surface area contributed by atoms with Crippen LogP contribution < -0.4 is 0 Å². The second kappa shape index (κ2) is 10.4. The van der Waals surface area contributed by atoms with Crippen molar-refractivity contribution < 1.29 is 9.53 Å². The molecule has 2 rings (SSSR count). The van der Waals surface area contributed by atoms with Gasteiger partial charge in [-0.2, -0.15) is 0 Å². The van der Waals surface area contributed by atoms with E-state index in [1.165, 1.54) is 0 Å². The standard InChI is InChI=1S/C23H27NO2/c1-4-24(5-2)18-12-13-19(3)26-23(25)22(20-14-8-6-9-15-20)21-16-10-7-11-17-21/h6-11,14-17,19,22H,4-5,18H2,1-3H3. The molecule has 0 saturated carbocycles. The van der Waals surface area contributed by atoms with E-state index in [-0.39, 0.29) is 5.97 Å². The minimum Gasteiger partial charge on any atom is -0.449 e. The summed E-state index contributed by atoms with van der Waals surface area (Å²) in [4.78, 5) is 15.1. The van der Waals surface area contributed by atoms with Gasteiger partial charge in [-0.15, -0.1) is 0 Å². The van der Waals surface area contributed by atoms with Crippen molar-refractivity contribution in [3.63, 3.8) is 0 Å². The normalized spacial score (nSPS) is 11.7. The topological polar surface area (TPSA) is 29.5 Å². The number of esters is 1. The van der Waals surface area contributed by atoms with Crippen molar-refractivity contribution in [3.8, 4) is 11.8 Å². The molecule has 1 atom stereocenters. The van der Waals surface area contributed by atoms with Gasteiger partial charge in [-0.3, -0.25) is 9.69 Å². The van der Waals surface area contributed by atoms with E-state index in [9.17, 15) is 4.79 Å². The molecule has 0 amide bonds. The lowest BCUT2D eigenvalue weighted by molar-refractivity contribution is -0.146. The van der Waals surface area contributed by atoms with E-state index in [4.69, 9.17) is 4.74 Å². The third-order valence-corrected chi connectivity index (χ3v) is 4.30. The van der Waals surface area contributed by atoms with Gasteiger partial charge >= 0.3 is 5.97 Å². The summed E-state index contributed by atoms with van der Waals surface area (Å²) in [6.07, 6.45) is -0.437. The molecule has 0 aliphatic carbocycles. The first-order chi connectivity index (χ1) is 12.7. The summed E-state index contributed by atoms with van der Waals surface area (Å²) < 4.78 is 5.64. The van der Waals surface area contributed by atoms with E-state index in [2.05, 4.69) is 30.6 Å². The number of ether oxygens (including phenoxy) is 1. The average Bonchev–Trinajstić information content (AvgIpc) is 2.67. The molecule has 26 heavy (non-hydrogen) atoms. The number of carbonyl (C=O) groups is 1. The molecule has 3 nitrogen and oxygen atoms in total. The fourth-order valence-corrected chi connectivity index (χ4v) is 2.78. The summed E-state index contributed by atoms with van der Waals surface area (Å²) in [5.74, 6) is 5.43. The Morgan fingerprint density at radius 3 is 1.92 bits per heavy atom. The first kappa shape index (κ1) is 19.8. The number of hydrogen-bond acceptors (Lipinski definition) is 3. The third-order valence-electron chi connectivity index (χ3n) is 4.30. The average molecular weight is 349 g/mol. The number of nitrogens with zero attached hydrogens (tertiary/aromatic N) is 1. The number of carbonyl (C=O) groups excluding carboxylic acids is 1. The molecule has 2 aromatic carbocycles. The molecule has 0 heterocycles. The number of rotatable bonds is 7. The molecule has 2 aromatic rings. The Labute approximate surface area is 157 Å². The van der Waals surface area contributed by atoms with Gasteiger partial charge < -0.3 is 4.74 Å². The van der Waals surface area contributed by atoms with E-state index in [1.54, 1.807) is 0 Å². The van der Waals surface area contributed by atoms with Crippen molar-refractivity contribution in [2.75, 3.05) is 19.6 Å². The summed E-state index contributed by atoms with van der Waals surface area (Å²) >= 11 is 0. The molecule has 136 valence electrons. The molecule has 0 aliphatic rings. The SMILES string of the molecule is CCN(CC)CC#CC(C)OC(=O)C(c1ccccc1)c1ccccc1. The second-order valence-corrected chi connectivity index (χ2v) is 6.12. The van der Waals surface area contributed by atoms with Crippen molar-refractivity contribution in [1.29, 1.82) is 0 Å². The molecular formula is C23H27NO2. The van der Waals surface area contributed by atoms with Crippen LogP contribution in [0.25, 0.3) is 0 Å². The van der Waals surface area contributed by atoms with E-state index < -0.39 is 12.0 Å². The van der Waals surface area contributed by atoms with Crippen LogP contribution in [0.1, 0.15) is 37.8 Å². The molecular weight excluding hydrogens is 322 g/mol. The van der Waals surface area contributed by atoms with E-state index >= 15 is 0 Å². The van der Waals surface area contributed by atoms with Crippen LogP contribution in [0.15, 0.2) is 60.7 Å². The van der Waals surface area contributed by atoms with Crippen molar-refractivity contribution in [2.45, 2.75) is 32.8 Å². The zero-order valence-corrected chi connectivity index (χ0v) is 15.8. The van der Waals surface area contributed by atoms with Gasteiger partial charge in [0.1, 0.15) is 5.92 Å². The largest absolute Gasteiger partial charge is 0.449 e. The van der Waals surface area contributed by atoms with Crippen LogP contribution in [0, 0.1) is 11.8 Å². The van der Waals surface area contributed by atoms with E-state index in [0.717, 1.165) is 24.2 Å². The maximum Gasteiger partial charge on any atom is 0.319 e. The maximum absolute atomic E-state index is 12.9. The highest BCUT2D eigenvalue weighted by Gasteiger charge is 2.25. The maximum atomic E-state index is 12.9. The fourth-order valence-electron chi connectivity index (χ4n) is 2.78. The van der Waals surface area contributed by atoms with Crippen LogP contribution in [0.4, 0.5) is 0 Å². The van der Waals surface area contributed by atoms with Crippen molar-refractivity contribution >= 4 is 5.97 Å². The lowest BCUT2D eigenvalue weighted by Crippen LogP contribution is -2.24. The summed E-state index contributed by atoms with van der Waals surface area (Å²) in [6, 6.07) is 19.4. The van der Waals surface area contributed by atoms with Gasteiger partial charge in [0.25, 0.3) is 0 Å². The number of benzene rings is 2. The Morgan fingerprint density at radius 1 is 0.962 bits per heavy atom. The molecule has 3 heteroatoms. The van der Waals surface area contributed by atoms with Crippen LogP contribution in [-0.4, -0.2) is 36.6 Å². The molecule has 0 aromatic heterocycles. The summed E-state index contributed by atoms with van der Waals surface area (Å²) in [7, 11) is 0. The monoisotopic (exact) mass is 349 g/mol. The van der Waals surface area contributed by atoms with Crippen LogP contribution in [-0.2, 0) is 9.53 Å². The molecule has 0 radical (unpaired) electrons. The van der Waals surface area contributed by atoms with E-state index in [0.29, 0.717) is 6.54 Å². The minimum absolute atomic E-state index is 0.271. The van der Waals surface area contributed by atoms with Crippen LogP contribution in [0.5, 0.6) is 0 Å². The Hall–Kier alpha value is -2.57. The summed E-state index contributed by atoms with van der Waals surface area (Å²) in [5, 5.41) is 0. The van der Waals surface area contributed by atoms with Gasteiger partial charge in [-0.1, -0.05) is 86.4 Å². The number of hydrogen-bond donors (Lipinski definition) is 0. The molecule has 0 aliphatic heterocycles. The van der Waals surface area contributed by atoms with Crippen LogP contribution in [0.2, 0.25) is 0 Å². The van der Waals surface area contributed by atoms with Gasteiger partial charge in [0.2, 0.25) is 0 Å². The molecule has 1 unspecified atom stereocenters. The van der Waals surface area contributed by atoms with Gasteiger partial charge in [0.15, 0.2) is 6.10 Å². The second-order valence-electron chi connectivity index (χ2n) is 6.12. The van der Waals surface area contributed by atoms with Crippen LogP contribution in [0.3, 0.4) is 0 Å². The molecule has 0 N–H and O–H groups in total. The highest BCUT2D eigenvalue weighted by Crippen LogP contribution is 2.26. The molecule has 0 bridgehead atoms. The molecule has 0 fully saturated rings. The predicted octanol–water partition coefficient (Wildman–Crippen LogP) is 4.10. The lowest BCUT2D eigenvalue weighted by Gasteiger charge is -2.18.